The molecule has 0 N–H and O–H groups in total. The van der Waals surface area contributed by atoms with Gasteiger partial charge in [-0.25, -0.2) is 4.79 Å². The van der Waals surface area contributed by atoms with Crippen molar-refractivity contribution in [3.8, 4) is 0 Å². The molecule has 0 spiro atoms. The van der Waals surface area contributed by atoms with Crippen LogP contribution in [0.2, 0.25) is 5.02 Å². The van der Waals surface area contributed by atoms with Crippen LogP contribution >= 0.6 is 23.2 Å². The van der Waals surface area contributed by atoms with Crippen molar-refractivity contribution < 1.29 is 14.5 Å². The van der Waals surface area contributed by atoms with Crippen molar-refractivity contribution in [3.05, 3.63) is 38.4 Å². The fourth-order valence-electron chi connectivity index (χ4n) is 1.22. The lowest BCUT2D eigenvalue weighted by Crippen LogP contribution is -2.08. The van der Waals surface area contributed by atoms with Crippen LogP contribution in [0, 0.1) is 10.1 Å². The minimum atomic E-state index is -0.858. The first kappa shape index (κ1) is 12.7. The standard InChI is InChI=1S/C9H7Cl2NO4/c1-16-9(13)7-6(11)3-2-5(4-10)8(7)12(14)15/h2-3H,4H2,1H3. The maximum atomic E-state index is 11.4. The molecule has 0 aliphatic rings. The van der Waals surface area contributed by atoms with Crippen LogP contribution in [0.4, 0.5) is 5.69 Å². The van der Waals surface area contributed by atoms with Gasteiger partial charge in [-0.2, -0.15) is 0 Å². The lowest BCUT2D eigenvalue weighted by atomic mass is 10.1. The number of halogens is 2. The van der Waals surface area contributed by atoms with Crippen molar-refractivity contribution in [1.82, 2.24) is 0 Å². The molecule has 1 aromatic carbocycles. The summed E-state index contributed by atoms with van der Waals surface area (Å²) in [5, 5.41) is 10.8. The molecule has 0 aromatic heterocycles. The maximum Gasteiger partial charge on any atom is 0.346 e. The molecule has 0 radical (unpaired) electrons. The maximum absolute atomic E-state index is 11.4. The molecule has 0 fully saturated rings. The number of nitrogens with zero attached hydrogens (tertiary/aromatic N) is 1. The highest BCUT2D eigenvalue weighted by Gasteiger charge is 2.27. The Kier molecular flexibility index (Phi) is 4.09. The first-order valence-electron chi connectivity index (χ1n) is 4.13. The van der Waals surface area contributed by atoms with Gasteiger partial charge in [-0.1, -0.05) is 11.6 Å². The Balaban J connectivity index is 3.54. The number of hydrogen-bond acceptors (Lipinski definition) is 4. The van der Waals surface area contributed by atoms with E-state index in [2.05, 4.69) is 4.74 Å². The lowest BCUT2D eigenvalue weighted by molar-refractivity contribution is -0.385. The summed E-state index contributed by atoms with van der Waals surface area (Å²) < 4.78 is 4.44. The number of hydrogen-bond donors (Lipinski definition) is 0. The average molecular weight is 264 g/mol. The van der Waals surface area contributed by atoms with Gasteiger partial charge in [-0.15, -0.1) is 11.6 Å². The van der Waals surface area contributed by atoms with Crippen molar-refractivity contribution in [1.29, 1.82) is 0 Å². The molecule has 0 aliphatic carbocycles. The van der Waals surface area contributed by atoms with Gasteiger partial charge in [0.15, 0.2) is 5.56 Å². The number of benzene rings is 1. The van der Waals surface area contributed by atoms with E-state index in [4.69, 9.17) is 23.2 Å². The van der Waals surface area contributed by atoms with E-state index >= 15 is 0 Å². The van der Waals surface area contributed by atoms with E-state index in [1.54, 1.807) is 0 Å². The van der Waals surface area contributed by atoms with Gasteiger partial charge in [0.05, 0.1) is 22.9 Å². The number of ether oxygens (including phenoxy) is 1. The summed E-state index contributed by atoms with van der Waals surface area (Å²) in [7, 11) is 1.12. The Bertz CT molecular complexity index is 447. The number of nitro benzene ring substituents is 1. The predicted octanol–water partition coefficient (Wildman–Crippen LogP) is 2.77. The highest BCUT2D eigenvalue weighted by molar-refractivity contribution is 6.34. The fourth-order valence-corrected chi connectivity index (χ4v) is 1.67. The summed E-state index contributed by atoms with van der Waals surface area (Å²) in [6, 6.07) is 2.78. The molecule has 0 saturated heterocycles. The zero-order valence-corrected chi connectivity index (χ0v) is 9.71. The minimum Gasteiger partial charge on any atom is -0.465 e. The van der Waals surface area contributed by atoms with E-state index in [0.29, 0.717) is 0 Å². The molecule has 0 aliphatic heterocycles. The molecule has 86 valence electrons. The number of methoxy groups -OCH3 is 1. The van der Waals surface area contributed by atoms with Crippen LogP contribution in [-0.2, 0) is 10.6 Å². The molecule has 5 nitrogen and oxygen atoms in total. The second kappa shape index (κ2) is 5.14. The third kappa shape index (κ3) is 2.25. The van der Waals surface area contributed by atoms with Crippen LogP contribution in [-0.4, -0.2) is 18.0 Å². The third-order valence-corrected chi connectivity index (χ3v) is 2.53. The Morgan fingerprint density at radius 1 is 1.56 bits per heavy atom. The van der Waals surface area contributed by atoms with Gasteiger partial charge in [-0.05, 0) is 12.1 Å². The Morgan fingerprint density at radius 2 is 2.19 bits per heavy atom. The molecule has 0 amide bonds. The van der Waals surface area contributed by atoms with Crippen LogP contribution in [0.5, 0.6) is 0 Å². The molecule has 0 bridgehead atoms. The largest absolute Gasteiger partial charge is 0.465 e. The molecule has 0 heterocycles. The number of carbonyl (C=O) groups excluding carboxylic acids is 1. The van der Waals surface area contributed by atoms with E-state index in [-0.39, 0.29) is 22.0 Å². The zero-order valence-electron chi connectivity index (χ0n) is 8.20. The summed E-state index contributed by atoms with van der Waals surface area (Å²) in [5.74, 6) is -0.944. The monoisotopic (exact) mass is 263 g/mol. The Morgan fingerprint density at radius 3 is 2.62 bits per heavy atom. The highest BCUT2D eigenvalue weighted by atomic mass is 35.5. The fraction of sp³-hybridized carbons (Fsp3) is 0.222. The van der Waals surface area contributed by atoms with Crippen molar-refractivity contribution in [2.24, 2.45) is 0 Å². The highest BCUT2D eigenvalue weighted by Crippen LogP contribution is 2.31. The van der Waals surface area contributed by atoms with E-state index < -0.39 is 16.6 Å². The van der Waals surface area contributed by atoms with Crippen LogP contribution in [0.1, 0.15) is 15.9 Å². The molecule has 7 heteroatoms. The minimum absolute atomic E-state index is 0.0348. The van der Waals surface area contributed by atoms with E-state index in [1.165, 1.54) is 12.1 Å². The number of esters is 1. The van der Waals surface area contributed by atoms with Crippen molar-refractivity contribution in [2.45, 2.75) is 5.88 Å². The molecule has 0 atom stereocenters. The normalized spacial score (nSPS) is 9.94. The predicted molar refractivity (Wildman–Crippen MR) is 59.0 cm³/mol. The molecule has 0 saturated carbocycles. The van der Waals surface area contributed by atoms with Gasteiger partial charge in [0, 0.05) is 5.56 Å². The molecule has 1 rings (SSSR count). The van der Waals surface area contributed by atoms with Crippen LogP contribution in [0.3, 0.4) is 0 Å². The van der Waals surface area contributed by atoms with E-state index in [1.807, 2.05) is 0 Å². The van der Waals surface area contributed by atoms with E-state index in [0.717, 1.165) is 7.11 Å². The zero-order chi connectivity index (χ0) is 12.3. The van der Waals surface area contributed by atoms with Crippen molar-refractivity contribution >= 4 is 34.9 Å². The first-order chi connectivity index (χ1) is 7.52. The SMILES string of the molecule is COC(=O)c1c(Cl)ccc(CCl)c1[N+](=O)[O-]. The van der Waals surface area contributed by atoms with Gasteiger partial charge in [-0.3, -0.25) is 10.1 Å². The summed E-state index contributed by atoms with van der Waals surface area (Å²) in [6.45, 7) is 0. The summed E-state index contributed by atoms with van der Waals surface area (Å²) in [5.41, 5.74) is -0.460. The van der Waals surface area contributed by atoms with Crippen LogP contribution in [0.25, 0.3) is 0 Å². The van der Waals surface area contributed by atoms with Gasteiger partial charge < -0.3 is 4.74 Å². The van der Waals surface area contributed by atoms with Gasteiger partial charge in [0.25, 0.3) is 5.69 Å². The third-order valence-electron chi connectivity index (χ3n) is 1.93. The first-order valence-corrected chi connectivity index (χ1v) is 5.04. The van der Waals surface area contributed by atoms with Crippen molar-refractivity contribution in [2.75, 3.05) is 7.11 Å². The average Bonchev–Trinajstić information content (AvgIpc) is 2.27. The Labute approximate surface area is 101 Å². The van der Waals surface area contributed by atoms with E-state index in [9.17, 15) is 14.9 Å². The Hall–Kier alpha value is -1.33. The molecular weight excluding hydrogens is 257 g/mol. The van der Waals surface area contributed by atoms with Crippen molar-refractivity contribution in [3.63, 3.8) is 0 Å². The second-order valence-corrected chi connectivity index (χ2v) is 3.49. The van der Waals surface area contributed by atoms with Gasteiger partial charge in [0.2, 0.25) is 0 Å². The van der Waals surface area contributed by atoms with Crippen LogP contribution < -0.4 is 0 Å². The number of nitro groups is 1. The van der Waals surface area contributed by atoms with Gasteiger partial charge >= 0.3 is 5.97 Å². The molecular formula is C9H7Cl2NO4. The van der Waals surface area contributed by atoms with Gasteiger partial charge in [0.1, 0.15) is 0 Å². The van der Waals surface area contributed by atoms with Crippen LogP contribution in [0.15, 0.2) is 12.1 Å². The number of alkyl halides is 1. The number of rotatable bonds is 3. The lowest BCUT2D eigenvalue weighted by Gasteiger charge is -2.06. The smallest absolute Gasteiger partial charge is 0.346 e. The topological polar surface area (TPSA) is 69.4 Å². The summed E-state index contributed by atoms with van der Waals surface area (Å²) in [4.78, 5) is 21.5. The molecule has 0 unspecified atom stereocenters. The summed E-state index contributed by atoms with van der Waals surface area (Å²) in [6.07, 6.45) is 0. The molecule has 1 aromatic rings. The summed E-state index contributed by atoms with van der Waals surface area (Å²) >= 11 is 11.3. The molecule has 16 heavy (non-hydrogen) atoms. The quantitative estimate of drug-likeness (QED) is 0.364. The second-order valence-electron chi connectivity index (χ2n) is 2.81. The number of carbonyl (C=O) groups is 1.